The van der Waals surface area contributed by atoms with Crippen molar-refractivity contribution in [2.24, 2.45) is 0 Å². The molecule has 0 spiro atoms. The average Bonchev–Trinajstić information content (AvgIpc) is 3.23. The summed E-state index contributed by atoms with van der Waals surface area (Å²) >= 11 is 12.6. The number of fused-ring (bicyclic) bond motifs is 7. The third-order valence-electron chi connectivity index (χ3n) is 10.4. The lowest BCUT2D eigenvalue weighted by atomic mass is 9.89. The molecular formula is C45H34Br2Cl2N4. The van der Waals surface area contributed by atoms with Gasteiger partial charge in [-0.1, -0.05) is 71.7 Å². The molecule has 6 aromatic carbocycles. The summed E-state index contributed by atoms with van der Waals surface area (Å²) < 4.78 is 4.92. The maximum absolute atomic E-state index is 6.28. The predicted octanol–water partition coefficient (Wildman–Crippen LogP) is 4.70. The van der Waals surface area contributed by atoms with Crippen LogP contribution in [0.15, 0.2) is 170 Å². The molecule has 0 unspecified atom stereocenters. The summed E-state index contributed by atoms with van der Waals surface area (Å²) in [5.74, 6) is 0. The Morgan fingerprint density at radius 1 is 0.453 bits per heavy atom. The summed E-state index contributed by atoms with van der Waals surface area (Å²) in [6, 6.07) is 55.9. The van der Waals surface area contributed by atoms with Gasteiger partial charge in [0.05, 0.1) is 22.1 Å². The SMILES string of the molecule is CN(c1ccc(Cl)cc1)c1cc[n+](C2([n+]3ccc(N(C)c4ccc(Cl)cc4)c4ccccc43)c3cccc(c3)-c3cccc2c3)c2ccccc12.[Br-].[Br-]. The molecule has 8 heteroatoms. The Morgan fingerprint density at radius 2 is 0.849 bits per heavy atom. The standard InChI is InChI=1S/C45H34Cl2N4.2BrH/c1-48(37-21-17-35(46)18-22-37)41-25-27-50(43-15-5-3-13-39(41)43)45(33-11-7-9-31(29-33)32-10-8-12-34(45)30-32)51-28-26-42(40-14-4-6-16-44(40)51)49(2)38-23-19-36(47)20-24-38;;/h3-30H,1-2H3;2*1H/q+2;;/p-2. The Kier molecular flexibility index (Phi) is 10.1. The van der Waals surface area contributed by atoms with Crippen LogP contribution in [-0.2, 0) is 5.66 Å². The van der Waals surface area contributed by atoms with Crippen LogP contribution in [0.4, 0.5) is 22.7 Å². The summed E-state index contributed by atoms with van der Waals surface area (Å²) in [7, 11) is 4.23. The second-order valence-corrected chi connectivity index (χ2v) is 14.0. The number of pyridine rings is 2. The maximum atomic E-state index is 6.28. The van der Waals surface area contributed by atoms with Gasteiger partial charge in [0.15, 0.2) is 12.4 Å². The van der Waals surface area contributed by atoms with Gasteiger partial charge >= 0.3 is 5.66 Å². The largest absolute Gasteiger partial charge is 1.00 e. The highest BCUT2D eigenvalue weighted by Crippen LogP contribution is 2.40. The van der Waals surface area contributed by atoms with Gasteiger partial charge in [-0.15, -0.1) is 9.13 Å². The summed E-state index contributed by atoms with van der Waals surface area (Å²) in [5.41, 5.74) is 10.5. The highest BCUT2D eigenvalue weighted by molar-refractivity contribution is 6.31. The Morgan fingerprint density at radius 3 is 1.26 bits per heavy atom. The molecule has 0 N–H and O–H groups in total. The lowest BCUT2D eigenvalue weighted by Gasteiger charge is -2.28. The van der Waals surface area contributed by atoms with E-state index in [9.17, 15) is 0 Å². The van der Waals surface area contributed by atoms with Crippen LogP contribution in [0, 0.1) is 0 Å². The third-order valence-corrected chi connectivity index (χ3v) is 10.9. The molecule has 0 aliphatic heterocycles. The van der Waals surface area contributed by atoms with E-state index in [1.807, 2.05) is 24.3 Å². The third kappa shape index (κ3) is 5.98. The van der Waals surface area contributed by atoms with Gasteiger partial charge in [0.1, 0.15) is 11.1 Å². The van der Waals surface area contributed by atoms with Crippen LogP contribution in [0.25, 0.3) is 32.9 Å². The number of benzene rings is 6. The van der Waals surface area contributed by atoms with Crippen molar-refractivity contribution in [3.8, 4) is 11.1 Å². The molecule has 2 aromatic heterocycles. The molecule has 4 nitrogen and oxygen atoms in total. The first kappa shape index (κ1) is 36.6. The van der Waals surface area contributed by atoms with E-state index < -0.39 is 5.66 Å². The smallest absolute Gasteiger partial charge is 0.415 e. The molecule has 9 rings (SSSR count). The molecule has 0 saturated heterocycles. The molecule has 0 fully saturated rings. The molecule has 0 atom stereocenters. The van der Waals surface area contributed by atoms with Crippen LogP contribution in [0.2, 0.25) is 10.0 Å². The van der Waals surface area contributed by atoms with Crippen molar-refractivity contribution < 1.29 is 43.1 Å². The Labute approximate surface area is 340 Å². The normalized spacial score (nSPS) is 12.4. The highest BCUT2D eigenvalue weighted by Gasteiger charge is 2.57. The number of rotatable bonds is 6. The zero-order valence-electron chi connectivity index (χ0n) is 29.0. The summed E-state index contributed by atoms with van der Waals surface area (Å²) in [6.45, 7) is 0. The first-order chi connectivity index (χ1) is 24.9. The fourth-order valence-corrected chi connectivity index (χ4v) is 8.11. The monoisotopic (exact) mass is 858 g/mol. The van der Waals surface area contributed by atoms with Gasteiger partial charge in [0.2, 0.25) is 11.0 Å². The first-order valence-corrected chi connectivity index (χ1v) is 17.8. The number of aromatic nitrogens is 2. The number of halogens is 4. The minimum Gasteiger partial charge on any atom is -1.00 e. The van der Waals surface area contributed by atoms with Crippen LogP contribution < -0.4 is 52.9 Å². The topological polar surface area (TPSA) is 14.2 Å². The number of anilines is 4. The minimum atomic E-state index is -0.795. The molecule has 0 amide bonds. The molecule has 1 aliphatic rings. The lowest BCUT2D eigenvalue weighted by molar-refractivity contribution is -0.950. The molecule has 1 aliphatic carbocycles. The van der Waals surface area contributed by atoms with E-state index in [4.69, 9.17) is 23.2 Å². The quantitative estimate of drug-likeness (QED) is 0.226. The molecule has 2 heterocycles. The second-order valence-electron chi connectivity index (χ2n) is 13.1. The Hall–Kier alpha value is -4.72. The maximum Gasteiger partial charge on any atom is 0.415 e. The Balaban J connectivity index is 0.00000218. The van der Waals surface area contributed by atoms with Gasteiger partial charge in [-0.2, -0.15) is 0 Å². The number of hydrogen-bond donors (Lipinski definition) is 0. The van der Waals surface area contributed by atoms with E-state index in [1.165, 1.54) is 22.3 Å². The predicted molar refractivity (Wildman–Crippen MR) is 211 cm³/mol. The van der Waals surface area contributed by atoms with Crippen molar-refractivity contribution in [2.45, 2.75) is 5.66 Å². The number of hydrogen-bond acceptors (Lipinski definition) is 2. The van der Waals surface area contributed by atoms with Crippen LogP contribution in [-0.4, -0.2) is 14.1 Å². The molecule has 4 bridgehead atoms. The van der Waals surface area contributed by atoms with Crippen LogP contribution in [0.3, 0.4) is 0 Å². The van der Waals surface area contributed by atoms with E-state index in [1.54, 1.807) is 0 Å². The summed E-state index contributed by atoms with van der Waals surface area (Å²) in [4.78, 5) is 4.46. The van der Waals surface area contributed by atoms with Gasteiger partial charge in [-0.25, -0.2) is 0 Å². The fourth-order valence-electron chi connectivity index (χ4n) is 7.86. The Bertz CT molecular complexity index is 2430. The van der Waals surface area contributed by atoms with Gasteiger partial charge < -0.3 is 43.8 Å². The molecule has 262 valence electrons. The number of nitrogens with zero attached hydrogens (tertiary/aromatic N) is 4. The van der Waals surface area contributed by atoms with E-state index in [-0.39, 0.29) is 34.0 Å². The molecule has 0 saturated carbocycles. The zero-order valence-corrected chi connectivity index (χ0v) is 33.7. The van der Waals surface area contributed by atoms with Crippen molar-refractivity contribution in [1.82, 2.24) is 0 Å². The fraction of sp³-hybridized carbons (Fsp3) is 0.0667. The van der Waals surface area contributed by atoms with Gasteiger partial charge in [0.25, 0.3) is 0 Å². The van der Waals surface area contributed by atoms with E-state index in [0.717, 1.165) is 54.6 Å². The second kappa shape index (κ2) is 14.6. The number of para-hydroxylation sites is 2. The van der Waals surface area contributed by atoms with Gasteiger partial charge in [0, 0.05) is 59.8 Å². The van der Waals surface area contributed by atoms with Crippen LogP contribution >= 0.6 is 23.2 Å². The first-order valence-electron chi connectivity index (χ1n) is 17.0. The van der Waals surface area contributed by atoms with Crippen molar-refractivity contribution in [3.05, 3.63) is 191 Å². The minimum absolute atomic E-state index is 0. The van der Waals surface area contributed by atoms with Gasteiger partial charge in [-0.05, 0) is 96.1 Å². The lowest BCUT2D eigenvalue weighted by Crippen LogP contribution is -3.00. The van der Waals surface area contributed by atoms with Crippen molar-refractivity contribution in [3.63, 3.8) is 0 Å². The van der Waals surface area contributed by atoms with Crippen molar-refractivity contribution >= 4 is 67.8 Å². The van der Waals surface area contributed by atoms with Crippen LogP contribution in [0.5, 0.6) is 0 Å². The van der Waals surface area contributed by atoms with E-state index >= 15 is 0 Å². The molecule has 53 heavy (non-hydrogen) atoms. The van der Waals surface area contributed by atoms with E-state index in [0.29, 0.717) is 0 Å². The summed E-state index contributed by atoms with van der Waals surface area (Å²) in [5, 5.41) is 3.71. The van der Waals surface area contributed by atoms with Gasteiger partial charge in [-0.3, -0.25) is 0 Å². The zero-order chi connectivity index (χ0) is 34.7. The highest BCUT2D eigenvalue weighted by atomic mass is 79.9. The van der Waals surface area contributed by atoms with E-state index in [2.05, 4.69) is 179 Å². The molecule has 0 radical (unpaired) electrons. The van der Waals surface area contributed by atoms with Crippen molar-refractivity contribution in [2.75, 3.05) is 23.9 Å². The van der Waals surface area contributed by atoms with Crippen molar-refractivity contribution in [1.29, 1.82) is 0 Å². The average molecular weight is 862 g/mol. The molecule has 8 aromatic rings. The molecular weight excluding hydrogens is 827 g/mol. The summed E-state index contributed by atoms with van der Waals surface area (Å²) in [6.07, 6.45) is 4.51. The van der Waals surface area contributed by atoms with Crippen LogP contribution in [0.1, 0.15) is 11.1 Å².